The molecule has 0 aliphatic carbocycles. The summed E-state index contributed by atoms with van der Waals surface area (Å²) in [7, 11) is 0. The molecule has 9 nitrogen and oxygen atoms in total. The maximum Gasteiger partial charge on any atom is 0.306 e. The molecule has 4 aliphatic heterocycles. The van der Waals surface area contributed by atoms with Crippen LogP contribution in [-0.2, 0) is 16.1 Å². The summed E-state index contributed by atoms with van der Waals surface area (Å²) < 4.78 is 28.9. The van der Waals surface area contributed by atoms with Gasteiger partial charge in [0.25, 0.3) is 0 Å². The van der Waals surface area contributed by atoms with Gasteiger partial charge < -0.3 is 35.3 Å². The predicted molar refractivity (Wildman–Crippen MR) is 177 cm³/mol. The number of hydrogen-bond acceptors (Lipinski definition) is 7. The molecule has 0 bridgehead atoms. The summed E-state index contributed by atoms with van der Waals surface area (Å²) >= 11 is 0. The Labute approximate surface area is 276 Å². The van der Waals surface area contributed by atoms with E-state index in [9.17, 15) is 19.1 Å². The lowest BCUT2D eigenvalue weighted by atomic mass is 9.88. The van der Waals surface area contributed by atoms with Crippen LogP contribution in [0.2, 0.25) is 0 Å². The van der Waals surface area contributed by atoms with E-state index >= 15 is 4.39 Å². The number of piperidine rings is 2. The molecule has 0 saturated carbocycles. The summed E-state index contributed by atoms with van der Waals surface area (Å²) in [6.07, 6.45) is 9.25. The van der Waals surface area contributed by atoms with Crippen LogP contribution in [0.1, 0.15) is 61.1 Å². The maximum absolute atomic E-state index is 15.1. The van der Waals surface area contributed by atoms with Crippen molar-refractivity contribution in [1.29, 1.82) is 0 Å². The van der Waals surface area contributed by atoms with E-state index in [0.29, 0.717) is 51.1 Å². The Morgan fingerprint density at radius 1 is 0.957 bits per heavy atom. The van der Waals surface area contributed by atoms with Crippen molar-refractivity contribution < 1.29 is 23.5 Å². The van der Waals surface area contributed by atoms with Crippen molar-refractivity contribution in [2.45, 2.75) is 64.2 Å². The molecule has 0 radical (unpaired) electrons. The van der Waals surface area contributed by atoms with Crippen LogP contribution in [0.5, 0.6) is 0 Å². The Balaban J connectivity index is 1.12. The Kier molecular flexibility index (Phi) is 10.6. The first-order valence-electron chi connectivity index (χ1n) is 17.2. The molecule has 2 unspecified atom stereocenters. The number of benzene rings is 2. The van der Waals surface area contributed by atoms with Crippen molar-refractivity contribution in [2.75, 3.05) is 57.3 Å². The fourth-order valence-corrected chi connectivity index (χ4v) is 7.74. The van der Waals surface area contributed by atoms with Gasteiger partial charge in [-0.3, -0.25) is 9.59 Å². The zero-order valence-electron chi connectivity index (χ0n) is 27.3. The number of anilines is 1. The second-order valence-electron chi connectivity index (χ2n) is 13.7. The lowest BCUT2D eigenvalue weighted by molar-refractivity contribution is -0.142. The third-order valence-corrected chi connectivity index (χ3v) is 10.4. The van der Waals surface area contributed by atoms with Gasteiger partial charge in [-0.25, -0.2) is 8.78 Å². The minimum absolute atomic E-state index is 0.164. The van der Waals surface area contributed by atoms with Gasteiger partial charge >= 0.3 is 5.97 Å². The van der Waals surface area contributed by atoms with Crippen molar-refractivity contribution in [1.82, 2.24) is 25.3 Å². The lowest BCUT2D eigenvalue weighted by Crippen LogP contribution is -2.52. The summed E-state index contributed by atoms with van der Waals surface area (Å²) in [6.45, 7) is 9.14. The molecule has 6 rings (SSSR count). The molecule has 0 spiro atoms. The monoisotopic (exact) mass is 650 g/mol. The molecule has 1 amide bonds. The molecular formula is C36H48F2N6O3. The number of rotatable bonds is 11. The Morgan fingerprint density at radius 2 is 1.72 bits per heavy atom. The van der Waals surface area contributed by atoms with Gasteiger partial charge in [0, 0.05) is 62.8 Å². The lowest BCUT2D eigenvalue weighted by Gasteiger charge is -2.35. The standard InChI is InChI=1S/C36H48F2N6O3/c1-25-6-7-27(33(20-25)43-17-10-26(11-18-43)35(46)47)22-44-19-12-39-36(44)40-34(45)31-24-42(16-5-15-41-13-3-2-4-14-41)23-30(31)29-9-8-28(37)21-32(29)38/h6-9,12,19-21,26,30-31,36,39H,2-5,10-11,13-18,22-24H2,1H3,(H,40,45)(H,46,47)/t30-,31?,36?/m0/s1. The normalized spacial score (nSPS) is 24.1. The zero-order valence-corrected chi connectivity index (χ0v) is 27.3. The van der Waals surface area contributed by atoms with Gasteiger partial charge in [-0.2, -0.15) is 0 Å². The van der Waals surface area contributed by atoms with Gasteiger partial charge in [-0.1, -0.05) is 24.6 Å². The van der Waals surface area contributed by atoms with E-state index in [1.165, 1.54) is 31.4 Å². The number of carbonyl (C=O) groups is 2. The summed E-state index contributed by atoms with van der Waals surface area (Å²) in [5.41, 5.74) is 3.69. The van der Waals surface area contributed by atoms with Crippen LogP contribution < -0.4 is 15.5 Å². The van der Waals surface area contributed by atoms with Crippen LogP contribution in [-0.4, -0.2) is 90.3 Å². The van der Waals surface area contributed by atoms with E-state index in [0.717, 1.165) is 55.5 Å². The average Bonchev–Trinajstić information content (AvgIpc) is 3.69. The second kappa shape index (κ2) is 15.0. The third kappa shape index (κ3) is 8.06. The molecule has 3 fully saturated rings. The minimum atomic E-state index is -0.729. The number of nitrogens with zero attached hydrogens (tertiary/aromatic N) is 4. The number of carboxylic acids is 1. The van der Waals surface area contributed by atoms with Crippen LogP contribution in [0.4, 0.5) is 14.5 Å². The molecule has 2 aromatic carbocycles. The van der Waals surface area contributed by atoms with E-state index in [1.54, 1.807) is 0 Å². The molecule has 254 valence electrons. The van der Waals surface area contributed by atoms with E-state index in [1.807, 2.05) is 17.3 Å². The molecule has 2 aromatic rings. The first-order valence-corrected chi connectivity index (χ1v) is 17.2. The minimum Gasteiger partial charge on any atom is -0.481 e. The van der Waals surface area contributed by atoms with Crippen molar-refractivity contribution in [3.63, 3.8) is 0 Å². The van der Waals surface area contributed by atoms with Gasteiger partial charge in [-0.15, -0.1) is 0 Å². The van der Waals surface area contributed by atoms with Crippen molar-refractivity contribution in [3.05, 3.63) is 77.1 Å². The molecule has 4 aliphatic rings. The van der Waals surface area contributed by atoms with E-state index < -0.39 is 29.8 Å². The number of carbonyl (C=O) groups excluding carboxylic acids is 1. The highest BCUT2D eigenvalue weighted by molar-refractivity contribution is 5.81. The van der Waals surface area contributed by atoms with E-state index in [-0.39, 0.29) is 17.7 Å². The first kappa shape index (κ1) is 33.2. The number of aryl methyl sites for hydroxylation is 1. The number of halogens is 2. The fourth-order valence-electron chi connectivity index (χ4n) is 7.74. The van der Waals surface area contributed by atoms with E-state index in [2.05, 4.69) is 50.5 Å². The Morgan fingerprint density at radius 3 is 2.47 bits per heavy atom. The zero-order chi connectivity index (χ0) is 32.9. The van der Waals surface area contributed by atoms with Crippen molar-refractivity contribution in [3.8, 4) is 0 Å². The summed E-state index contributed by atoms with van der Waals surface area (Å²) in [4.78, 5) is 34.6. The highest BCUT2D eigenvalue weighted by atomic mass is 19.1. The van der Waals surface area contributed by atoms with Crippen molar-refractivity contribution >= 4 is 17.6 Å². The van der Waals surface area contributed by atoms with Gasteiger partial charge in [0.05, 0.1) is 11.8 Å². The quantitative estimate of drug-likeness (QED) is 0.329. The molecule has 4 heterocycles. The second-order valence-corrected chi connectivity index (χ2v) is 13.7. The van der Waals surface area contributed by atoms with Crippen LogP contribution in [0, 0.1) is 30.4 Å². The van der Waals surface area contributed by atoms with Crippen LogP contribution >= 0.6 is 0 Å². The largest absolute Gasteiger partial charge is 0.481 e. The molecule has 3 atom stereocenters. The summed E-state index contributed by atoms with van der Waals surface area (Å²) in [6, 6.07) is 10.0. The SMILES string of the molecule is Cc1ccc(CN2C=CNC2NC(=O)C2CN(CCCN3CCCCC3)C[C@H]2c2ccc(F)cc2F)c(N2CCC(C(=O)O)CC2)c1. The highest BCUT2D eigenvalue weighted by Gasteiger charge is 2.41. The van der Waals surface area contributed by atoms with Crippen LogP contribution in [0.15, 0.2) is 48.8 Å². The number of hydrogen-bond donors (Lipinski definition) is 3. The predicted octanol–water partition coefficient (Wildman–Crippen LogP) is 4.44. The van der Waals surface area contributed by atoms with Gasteiger partial charge in [0.2, 0.25) is 5.91 Å². The summed E-state index contributed by atoms with van der Waals surface area (Å²) in [5, 5.41) is 15.9. The van der Waals surface area contributed by atoms with Crippen LogP contribution in [0.25, 0.3) is 0 Å². The Bertz CT molecular complexity index is 1440. The van der Waals surface area contributed by atoms with Crippen LogP contribution in [0.3, 0.4) is 0 Å². The van der Waals surface area contributed by atoms with Gasteiger partial charge in [-0.05, 0) is 94.0 Å². The highest BCUT2D eigenvalue weighted by Crippen LogP contribution is 2.35. The smallest absolute Gasteiger partial charge is 0.306 e. The average molecular weight is 651 g/mol. The molecule has 0 aromatic heterocycles. The summed E-state index contributed by atoms with van der Waals surface area (Å²) in [5.74, 6) is -3.30. The van der Waals surface area contributed by atoms with E-state index in [4.69, 9.17) is 0 Å². The fraction of sp³-hybridized carbons (Fsp3) is 0.556. The Hall–Kier alpha value is -3.70. The molecule has 11 heteroatoms. The third-order valence-electron chi connectivity index (χ3n) is 10.4. The number of amides is 1. The maximum atomic E-state index is 15.1. The molecule has 3 saturated heterocycles. The molecule has 3 N–H and O–H groups in total. The molecule has 47 heavy (non-hydrogen) atoms. The van der Waals surface area contributed by atoms with Gasteiger partial charge in [0.1, 0.15) is 11.6 Å². The number of likely N-dealkylation sites (tertiary alicyclic amines) is 2. The van der Waals surface area contributed by atoms with Crippen molar-refractivity contribution in [2.24, 2.45) is 11.8 Å². The topological polar surface area (TPSA) is 91.4 Å². The number of aliphatic carboxylic acids is 1. The number of carboxylic acid groups (broad SMARTS) is 1. The van der Waals surface area contributed by atoms with Gasteiger partial charge in [0.15, 0.2) is 6.29 Å². The number of nitrogens with one attached hydrogen (secondary N) is 2. The molecular weight excluding hydrogens is 602 g/mol. The first-order chi connectivity index (χ1) is 22.7.